The fraction of sp³-hybridized carbons (Fsp3) is 0.111. The van der Waals surface area contributed by atoms with Crippen LogP contribution in [-0.2, 0) is 11.2 Å². The third-order valence-corrected chi connectivity index (χ3v) is 3.56. The second-order valence-corrected chi connectivity index (χ2v) is 5.07. The predicted octanol–water partition coefficient (Wildman–Crippen LogP) is 2.87. The Balaban J connectivity index is 1.65. The highest BCUT2D eigenvalue weighted by atomic mass is 16.5. The van der Waals surface area contributed by atoms with Crippen LogP contribution >= 0.6 is 0 Å². The molecule has 1 aromatic heterocycles. The van der Waals surface area contributed by atoms with Crippen LogP contribution in [0, 0.1) is 0 Å². The maximum absolute atomic E-state index is 12.0. The quantitative estimate of drug-likeness (QED) is 0.562. The lowest BCUT2D eigenvalue weighted by Gasteiger charge is -2.03. The molecule has 1 heterocycles. The Morgan fingerprint density at radius 3 is 2.87 bits per heavy atom. The van der Waals surface area contributed by atoms with Crippen molar-refractivity contribution >= 4 is 23.0 Å². The fourth-order valence-electron chi connectivity index (χ4n) is 2.44. The summed E-state index contributed by atoms with van der Waals surface area (Å²) < 4.78 is 5.23. The van der Waals surface area contributed by atoms with Crippen LogP contribution in [0.5, 0.6) is 5.75 Å². The first-order chi connectivity index (χ1) is 11.3. The van der Waals surface area contributed by atoms with Gasteiger partial charge in [-0.05, 0) is 23.8 Å². The van der Waals surface area contributed by atoms with Crippen LogP contribution < -0.4 is 10.2 Å². The molecule has 3 aromatic rings. The van der Waals surface area contributed by atoms with Crippen LogP contribution in [0.1, 0.15) is 11.1 Å². The highest BCUT2D eigenvalue weighted by Crippen LogP contribution is 2.18. The highest BCUT2D eigenvalue weighted by Gasteiger charge is 2.07. The molecular weight excluding hydrogens is 290 g/mol. The van der Waals surface area contributed by atoms with Crippen molar-refractivity contribution in [3.05, 3.63) is 65.9 Å². The molecule has 2 N–H and O–H groups in total. The lowest BCUT2D eigenvalue weighted by Crippen LogP contribution is -2.19. The molecule has 5 nitrogen and oxygen atoms in total. The van der Waals surface area contributed by atoms with Gasteiger partial charge in [-0.3, -0.25) is 4.79 Å². The number of aromatic nitrogens is 1. The smallest absolute Gasteiger partial charge is 0.244 e. The van der Waals surface area contributed by atoms with E-state index >= 15 is 0 Å². The third kappa shape index (κ3) is 3.40. The maximum atomic E-state index is 12.0. The zero-order valence-electron chi connectivity index (χ0n) is 12.7. The van der Waals surface area contributed by atoms with Gasteiger partial charge in [0.25, 0.3) is 0 Å². The number of amides is 1. The third-order valence-electron chi connectivity index (χ3n) is 3.56. The number of aromatic amines is 1. The summed E-state index contributed by atoms with van der Waals surface area (Å²) in [7, 11) is 1.60. The zero-order valence-corrected chi connectivity index (χ0v) is 12.7. The van der Waals surface area contributed by atoms with Crippen molar-refractivity contribution in [2.45, 2.75) is 6.42 Å². The van der Waals surface area contributed by atoms with E-state index in [4.69, 9.17) is 4.74 Å². The van der Waals surface area contributed by atoms with Crippen molar-refractivity contribution in [1.82, 2.24) is 10.4 Å². The van der Waals surface area contributed by atoms with Crippen LogP contribution in [0.25, 0.3) is 10.9 Å². The summed E-state index contributed by atoms with van der Waals surface area (Å²) in [6.07, 6.45) is 3.70. The molecule has 0 spiro atoms. The molecule has 1 amide bonds. The molecule has 0 fully saturated rings. The van der Waals surface area contributed by atoms with Crippen molar-refractivity contribution in [3.8, 4) is 5.75 Å². The highest BCUT2D eigenvalue weighted by molar-refractivity contribution is 5.89. The SMILES string of the molecule is COc1ccccc1/C=N/NC(=O)Cc1c[nH]c2ccccc12. The second-order valence-electron chi connectivity index (χ2n) is 5.07. The maximum Gasteiger partial charge on any atom is 0.244 e. The number of para-hydroxylation sites is 2. The lowest BCUT2D eigenvalue weighted by molar-refractivity contribution is -0.120. The van der Waals surface area contributed by atoms with E-state index in [2.05, 4.69) is 15.5 Å². The number of carbonyl (C=O) groups is 1. The number of methoxy groups -OCH3 is 1. The monoisotopic (exact) mass is 307 g/mol. The van der Waals surface area contributed by atoms with E-state index in [9.17, 15) is 4.79 Å². The summed E-state index contributed by atoms with van der Waals surface area (Å²) in [6, 6.07) is 15.4. The van der Waals surface area contributed by atoms with Gasteiger partial charge in [0.1, 0.15) is 5.75 Å². The summed E-state index contributed by atoms with van der Waals surface area (Å²) in [6.45, 7) is 0. The Kier molecular flexibility index (Phi) is 4.38. The number of fused-ring (bicyclic) bond motifs is 1. The number of hydrogen-bond donors (Lipinski definition) is 2. The minimum atomic E-state index is -0.166. The second kappa shape index (κ2) is 6.79. The topological polar surface area (TPSA) is 66.5 Å². The Hall–Kier alpha value is -3.08. The van der Waals surface area contributed by atoms with Gasteiger partial charge in [-0.25, -0.2) is 5.43 Å². The predicted molar refractivity (Wildman–Crippen MR) is 90.7 cm³/mol. The van der Waals surface area contributed by atoms with Gasteiger partial charge in [0.15, 0.2) is 0 Å². The number of benzene rings is 2. The van der Waals surface area contributed by atoms with E-state index < -0.39 is 0 Å². The van der Waals surface area contributed by atoms with E-state index in [1.807, 2.05) is 54.7 Å². The van der Waals surface area contributed by atoms with Gasteiger partial charge in [-0.2, -0.15) is 5.10 Å². The molecule has 0 aliphatic rings. The van der Waals surface area contributed by atoms with Crippen molar-refractivity contribution in [2.24, 2.45) is 5.10 Å². The number of rotatable bonds is 5. The molecule has 0 aliphatic carbocycles. The van der Waals surface area contributed by atoms with Crippen LogP contribution in [0.3, 0.4) is 0 Å². The molecule has 116 valence electrons. The first-order valence-electron chi connectivity index (χ1n) is 7.28. The Morgan fingerprint density at radius 1 is 1.22 bits per heavy atom. The number of ether oxygens (including phenoxy) is 1. The average Bonchev–Trinajstić information content (AvgIpc) is 2.98. The van der Waals surface area contributed by atoms with Gasteiger partial charge in [-0.1, -0.05) is 30.3 Å². The van der Waals surface area contributed by atoms with Gasteiger partial charge in [-0.15, -0.1) is 0 Å². The summed E-state index contributed by atoms with van der Waals surface area (Å²) in [5.41, 5.74) is 5.33. The van der Waals surface area contributed by atoms with Crippen molar-refractivity contribution < 1.29 is 9.53 Å². The van der Waals surface area contributed by atoms with Crippen LogP contribution in [0.2, 0.25) is 0 Å². The molecule has 0 atom stereocenters. The molecule has 5 heteroatoms. The van der Waals surface area contributed by atoms with Gasteiger partial charge >= 0.3 is 0 Å². The van der Waals surface area contributed by atoms with Gasteiger partial charge in [0.05, 0.1) is 19.7 Å². The van der Waals surface area contributed by atoms with Gasteiger partial charge in [0.2, 0.25) is 5.91 Å². The van der Waals surface area contributed by atoms with E-state index in [0.29, 0.717) is 5.75 Å². The Bertz CT molecular complexity index is 852. The lowest BCUT2D eigenvalue weighted by atomic mass is 10.1. The number of hydrogen-bond acceptors (Lipinski definition) is 3. The van der Waals surface area contributed by atoms with E-state index in [1.165, 1.54) is 0 Å². The first-order valence-corrected chi connectivity index (χ1v) is 7.28. The van der Waals surface area contributed by atoms with Gasteiger partial charge < -0.3 is 9.72 Å². The Morgan fingerprint density at radius 2 is 2.00 bits per heavy atom. The standard InChI is InChI=1S/C18H17N3O2/c1-23-17-9-5-2-6-13(17)12-20-21-18(22)10-14-11-19-16-8-4-3-7-15(14)16/h2-9,11-12,19H,10H2,1H3,(H,21,22)/b20-12+. The van der Waals surface area contributed by atoms with Crippen molar-refractivity contribution in [1.29, 1.82) is 0 Å². The fourth-order valence-corrected chi connectivity index (χ4v) is 2.44. The summed E-state index contributed by atoms with van der Waals surface area (Å²) in [5, 5.41) is 5.05. The average molecular weight is 307 g/mol. The van der Waals surface area contributed by atoms with Crippen LogP contribution in [-0.4, -0.2) is 24.2 Å². The molecule has 0 aliphatic heterocycles. The van der Waals surface area contributed by atoms with E-state index in [1.54, 1.807) is 13.3 Å². The first kappa shape index (κ1) is 14.8. The normalized spacial score (nSPS) is 11.0. The minimum absolute atomic E-state index is 0.166. The Labute approximate surface area is 134 Å². The summed E-state index contributed by atoms with van der Waals surface area (Å²) in [4.78, 5) is 15.2. The molecule has 0 radical (unpaired) electrons. The minimum Gasteiger partial charge on any atom is -0.496 e. The summed E-state index contributed by atoms with van der Waals surface area (Å²) >= 11 is 0. The molecule has 0 saturated heterocycles. The molecule has 0 unspecified atom stereocenters. The van der Waals surface area contributed by atoms with E-state index in [-0.39, 0.29) is 12.3 Å². The van der Waals surface area contributed by atoms with Crippen LogP contribution in [0.4, 0.5) is 0 Å². The molecule has 3 rings (SSSR count). The number of carbonyl (C=O) groups excluding carboxylic acids is 1. The van der Waals surface area contributed by atoms with Gasteiger partial charge in [0, 0.05) is 22.7 Å². The number of H-pyrrole nitrogens is 1. The van der Waals surface area contributed by atoms with E-state index in [0.717, 1.165) is 22.0 Å². The number of nitrogens with zero attached hydrogens (tertiary/aromatic N) is 1. The number of nitrogens with one attached hydrogen (secondary N) is 2. The van der Waals surface area contributed by atoms with Crippen LogP contribution in [0.15, 0.2) is 59.8 Å². The molecule has 0 bridgehead atoms. The molecule has 2 aromatic carbocycles. The largest absolute Gasteiger partial charge is 0.496 e. The number of hydrazone groups is 1. The molecule has 0 saturated carbocycles. The van der Waals surface area contributed by atoms with Crippen molar-refractivity contribution in [3.63, 3.8) is 0 Å². The zero-order chi connectivity index (χ0) is 16.1. The molecular formula is C18H17N3O2. The molecule has 23 heavy (non-hydrogen) atoms. The van der Waals surface area contributed by atoms with Crippen molar-refractivity contribution in [2.75, 3.05) is 7.11 Å². The summed E-state index contributed by atoms with van der Waals surface area (Å²) in [5.74, 6) is 0.544.